The molecule has 0 unspecified atom stereocenters. The van der Waals surface area contributed by atoms with Crippen molar-refractivity contribution in [3.8, 4) is 0 Å². The number of fused-ring (bicyclic) bond motifs is 1. The van der Waals surface area contributed by atoms with E-state index in [1.54, 1.807) is 18.2 Å². The van der Waals surface area contributed by atoms with Crippen molar-refractivity contribution in [3.63, 3.8) is 0 Å². The van der Waals surface area contributed by atoms with Crippen LogP contribution in [0.5, 0.6) is 0 Å². The number of carboxylic acids is 1. The van der Waals surface area contributed by atoms with Gasteiger partial charge in [-0.3, -0.25) is 9.69 Å². The molecule has 1 atom stereocenters. The van der Waals surface area contributed by atoms with E-state index in [9.17, 15) is 19.5 Å². The van der Waals surface area contributed by atoms with Crippen LogP contribution in [0.15, 0.2) is 42.5 Å². The van der Waals surface area contributed by atoms with E-state index in [0.29, 0.717) is 29.4 Å². The Labute approximate surface area is 166 Å². The van der Waals surface area contributed by atoms with Gasteiger partial charge < -0.3 is 15.3 Å². The maximum atomic E-state index is 13.2. The molecule has 0 aromatic heterocycles. The molecule has 2 aromatic carbocycles. The molecule has 2 aliphatic rings. The van der Waals surface area contributed by atoms with Crippen molar-refractivity contribution in [3.05, 3.63) is 64.2 Å². The van der Waals surface area contributed by atoms with Crippen LogP contribution >= 0.6 is 11.6 Å². The molecular formula is C20H18ClN3O4. The van der Waals surface area contributed by atoms with Crippen molar-refractivity contribution in [1.29, 1.82) is 0 Å². The second-order valence-electron chi connectivity index (χ2n) is 6.81. The predicted molar refractivity (Wildman–Crippen MR) is 104 cm³/mol. The quantitative estimate of drug-likeness (QED) is 0.829. The standard InChI is InChI=1S/C20H18ClN3O4/c21-15-6-5-13(10-16(15)23-8-7-22-20(23)28)18(25)24-11-14-4-2-1-3-12(14)9-17(24)19(26)27/h1-6,10,17H,7-9,11H2,(H,22,28)(H,26,27)/t17-/m1/s1. The van der Waals surface area contributed by atoms with Gasteiger partial charge in [0.2, 0.25) is 0 Å². The molecule has 2 heterocycles. The molecule has 0 saturated carbocycles. The molecular weight excluding hydrogens is 382 g/mol. The summed E-state index contributed by atoms with van der Waals surface area (Å²) in [5.41, 5.74) is 2.60. The van der Waals surface area contributed by atoms with Gasteiger partial charge in [0.05, 0.1) is 10.7 Å². The molecule has 7 nitrogen and oxygen atoms in total. The molecule has 1 saturated heterocycles. The summed E-state index contributed by atoms with van der Waals surface area (Å²) in [5.74, 6) is -1.45. The Hall–Kier alpha value is -3.06. The molecule has 1 fully saturated rings. The number of carbonyl (C=O) groups is 3. The van der Waals surface area contributed by atoms with Crippen LogP contribution < -0.4 is 10.2 Å². The summed E-state index contributed by atoms with van der Waals surface area (Å²) in [4.78, 5) is 39.8. The lowest BCUT2D eigenvalue weighted by Crippen LogP contribution is -2.48. The summed E-state index contributed by atoms with van der Waals surface area (Å²) in [6.07, 6.45) is 0.256. The number of nitrogens with one attached hydrogen (secondary N) is 1. The third-order valence-electron chi connectivity index (χ3n) is 5.14. The van der Waals surface area contributed by atoms with E-state index in [0.717, 1.165) is 11.1 Å². The van der Waals surface area contributed by atoms with Gasteiger partial charge in [0.25, 0.3) is 5.91 Å². The number of halogens is 1. The van der Waals surface area contributed by atoms with Crippen LogP contribution in [0.4, 0.5) is 10.5 Å². The summed E-state index contributed by atoms with van der Waals surface area (Å²) in [6, 6.07) is 11.0. The lowest BCUT2D eigenvalue weighted by Gasteiger charge is -2.34. The van der Waals surface area contributed by atoms with Crippen molar-refractivity contribution < 1.29 is 19.5 Å². The summed E-state index contributed by atoms with van der Waals surface area (Å²) in [6.45, 7) is 1.16. The Morgan fingerprint density at radius 3 is 2.57 bits per heavy atom. The van der Waals surface area contributed by atoms with E-state index in [4.69, 9.17) is 11.6 Å². The zero-order valence-corrected chi connectivity index (χ0v) is 15.6. The first-order valence-corrected chi connectivity index (χ1v) is 9.29. The summed E-state index contributed by atoms with van der Waals surface area (Å²) >= 11 is 6.24. The van der Waals surface area contributed by atoms with E-state index in [-0.39, 0.29) is 19.0 Å². The van der Waals surface area contributed by atoms with E-state index >= 15 is 0 Å². The fourth-order valence-corrected chi connectivity index (χ4v) is 3.90. The van der Waals surface area contributed by atoms with E-state index < -0.39 is 17.9 Å². The van der Waals surface area contributed by atoms with Crippen molar-refractivity contribution in [2.75, 3.05) is 18.0 Å². The van der Waals surface area contributed by atoms with E-state index in [1.807, 2.05) is 24.3 Å². The molecule has 0 radical (unpaired) electrons. The number of hydrogen-bond donors (Lipinski definition) is 2. The highest BCUT2D eigenvalue weighted by molar-refractivity contribution is 6.34. The molecule has 144 valence electrons. The van der Waals surface area contributed by atoms with Gasteiger partial charge in [-0.05, 0) is 29.3 Å². The Morgan fingerprint density at radius 2 is 1.89 bits per heavy atom. The van der Waals surface area contributed by atoms with Gasteiger partial charge in [0.15, 0.2) is 0 Å². The Kier molecular flexibility index (Phi) is 4.68. The topological polar surface area (TPSA) is 89.9 Å². The molecule has 8 heteroatoms. The van der Waals surface area contributed by atoms with Crippen molar-refractivity contribution >= 4 is 35.2 Å². The van der Waals surface area contributed by atoms with E-state index in [2.05, 4.69) is 5.32 Å². The number of carbonyl (C=O) groups excluding carboxylic acids is 2. The monoisotopic (exact) mass is 399 g/mol. The van der Waals surface area contributed by atoms with Crippen LogP contribution in [0, 0.1) is 0 Å². The number of hydrogen-bond acceptors (Lipinski definition) is 3. The van der Waals surface area contributed by atoms with Gasteiger partial charge >= 0.3 is 12.0 Å². The maximum absolute atomic E-state index is 13.2. The van der Waals surface area contributed by atoms with Crippen molar-refractivity contribution in [2.24, 2.45) is 0 Å². The molecule has 0 spiro atoms. The molecule has 28 heavy (non-hydrogen) atoms. The first-order valence-electron chi connectivity index (χ1n) is 8.91. The van der Waals surface area contributed by atoms with Crippen LogP contribution in [0.1, 0.15) is 21.5 Å². The van der Waals surface area contributed by atoms with Gasteiger partial charge in [-0.15, -0.1) is 0 Å². The second-order valence-corrected chi connectivity index (χ2v) is 7.22. The SMILES string of the molecule is O=C(O)[C@H]1Cc2ccccc2CN1C(=O)c1ccc(Cl)c(N2CCNC2=O)c1. The average Bonchev–Trinajstić information content (AvgIpc) is 3.12. The molecule has 4 rings (SSSR count). The van der Waals surface area contributed by atoms with Crippen LogP contribution in [0.25, 0.3) is 0 Å². The van der Waals surface area contributed by atoms with Crippen molar-refractivity contribution in [1.82, 2.24) is 10.2 Å². The van der Waals surface area contributed by atoms with Gasteiger partial charge in [-0.2, -0.15) is 0 Å². The molecule has 2 N–H and O–H groups in total. The third-order valence-corrected chi connectivity index (χ3v) is 5.45. The number of aliphatic carboxylic acids is 1. The molecule has 2 aromatic rings. The molecule has 3 amide bonds. The Morgan fingerprint density at radius 1 is 1.14 bits per heavy atom. The average molecular weight is 400 g/mol. The normalized spacial score (nSPS) is 18.6. The number of carboxylic acid groups (broad SMARTS) is 1. The minimum absolute atomic E-state index is 0.216. The minimum Gasteiger partial charge on any atom is -0.480 e. The van der Waals surface area contributed by atoms with Gasteiger partial charge in [0.1, 0.15) is 6.04 Å². The fourth-order valence-electron chi connectivity index (χ4n) is 3.68. The summed E-state index contributed by atoms with van der Waals surface area (Å²) in [5, 5.41) is 12.7. The third kappa shape index (κ3) is 3.18. The Bertz CT molecular complexity index is 978. The lowest BCUT2D eigenvalue weighted by molar-refractivity contribution is -0.142. The predicted octanol–water partition coefficient (Wildman–Crippen LogP) is 2.52. The summed E-state index contributed by atoms with van der Waals surface area (Å²) in [7, 11) is 0. The zero-order valence-electron chi connectivity index (χ0n) is 14.9. The number of amides is 3. The number of anilines is 1. The summed E-state index contributed by atoms with van der Waals surface area (Å²) < 4.78 is 0. The van der Waals surface area contributed by atoms with Gasteiger partial charge in [0, 0.05) is 31.6 Å². The number of nitrogens with zero attached hydrogens (tertiary/aromatic N) is 2. The first-order chi connectivity index (χ1) is 13.5. The lowest BCUT2D eigenvalue weighted by atomic mass is 9.93. The van der Waals surface area contributed by atoms with Crippen LogP contribution in [-0.2, 0) is 17.8 Å². The number of rotatable bonds is 3. The van der Waals surface area contributed by atoms with Gasteiger partial charge in [-0.25, -0.2) is 9.59 Å². The van der Waals surface area contributed by atoms with Crippen LogP contribution in [-0.4, -0.2) is 47.0 Å². The number of benzene rings is 2. The second kappa shape index (κ2) is 7.16. The molecule has 0 aliphatic carbocycles. The van der Waals surface area contributed by atoms with Crippen LogP contribution in [0.2, 0.25) is 5.02 Å². The van der Waals surface area contributed by atoms with Crippen molar-refractivity contribution in [2.45, 2.75) is 19.0 Å². The maximum Gasteiger partial charge on any atom is 0.326 e. The molecule has 0 bridgehead atoms. The largest absolute Gasteiger partial charge is 0.480 e. The Balaban J connectivity index is 1.68. The highest BCUT2D eigenvalue weighted by Crippen LogP contribution is 2.30. The van der Waals surface area contributed by atoms with E-state index in [1.165, 1.54) is 9.80 Å². The number of urea groups is 1. The minimum atomic E-state index is -1.05. The fraction of sp³-hybridized carbons (Fsp3) is 0.250. The zero-order chi connectivity index (χ0) is 19.8. The highest BCUT2D eigenvalue weighted by atomic mass is 35.5. The highest BCUT2D eigenvalue weighted by Gasteiger charge is 2.35. The first kappa shape index (κ1) is 18.3. The smallest absolute Gasteiger partial charge is 0.326 e. The molecule has 2 aliphatic heterocycles. The van der Waals surface area contributed by atoms with Gasteiger partial charge in [-0.1, -0.05) is 35.9 Å². The van der Waals surface area contributed by atoms with Crippen LogP contribution in [0.3, 0.4) is 0 Å².